The lowest BCUT2D eigenvalue weighted by molar-refractivity contribution is -0.290. The molecule has 3 heterocycles. The van der Waals surface area contributed by atoms with Crippen LogP contribution in [0.2, 0.25) is 0 Å². The normalized spacial score (nSPS) is 31.3. The molecule has 5 nitrogen and oxygen atoms in total. The van der Waals surface area contributed by atoms with Crippen molar-refractivity contribution in [2.75, 3.05) is 39.6 Å². The van der Waals surface area contributed by atoms with Crippen LogP contribution in [0.1, 0.15) is 12.8 Å². The molecule has 0 aromatic carbocycles. The molecule has 3 aliphatic heterocycles. The molecule has 0 radical (unpaired) electrons. The summed E-state index contributed by atoms with van der Waals surface area (Å²) >= 11 is 0. The molecule has 1 N–H and O–H groups in total. The maximum Gasteiger partial charge on any atom is 0.315 e. The highest BCUT2D eigenvalue weighted by molar-refractivity contribution is 5.77. The van der Waals surface area contributed by atoms with Crippen molar-refractivity contribution < 1.29 is 24.1 Å². The molecule has 0 amide bonds. The third kappa shape index (κ3) is 1.39. The Morgan fingerprint density at radius 3 is 1.94 bits per heavy atom. The van der Waals surface area contributed by atoms with Gasteiger partial charge in [-0.2, -0.15) is 0 Å². The van der Waals surface area contributed by atoms with Crippen LogP contribution in [0.5, 0.6) is 0 Å². The molecule has 17 heavy (non-hydrogen) atoms. The Morgan fingerprint density at radius 2 is 1.59 bits per heavy atom. The van der Waals surface area contributed by atoms with E-state index in [0.29, 0.717) is 32.3 Å². The van der Waals surface area contributed by atoms with E-state index in [4.69, 9.17) is 14.2 Å². The lowest BCUT2D eigenvalue weighted by atomic mass is 9.53. The Bertz CT molecular complexity index is 313. The largest absolute Gasteiger partial charge is 0.481 e. The van der Waals surface area contributed by atoms with Gasteiger partial charge in [-0.15, -0.1) is 0 Å². The highest BCUT2D eigenvalue weighted by Gasteiger charge is 2.67. The molecule has 0 bridgehead atoms. The van der Waals surface area contributed by atoms with Gasteiger partial charge in [0.05, 0.1) is 26.4 Å². The second-order valence-corrected chi connectivity index (χ2v) is 5.42. The number of hydrogen-bond donors (Lipinski definition) is 1. The van der Waals surface area contributed by atoms with Gasteiger partial charge >= 0.3 is 5.97 Å². The molecule has 0 atom stereocenters. The fraction of sp³-hybridized carbons (Fsp3) is 0.917. The maximum atomic E-state index is 11.6. The van der Waals surface area contributed by atoms with E-state index in [-0.39, 0.29) is 5.41 Å². The summed E-state index contributed by atoms with van der Waals surface area (Å²) in [5, 5.41) is 9.55. The van der Waals surface area contributed by atoms with Crippen molar-refractivity contribution in [2.45, 2.75) is 12.8 Å². The quantitative estimate of drug-likeness (QED) is 0.782. The minimum absolute atomic E-state index is 0.221. The zero-order valence-corrected chi connectivity index (χ0v) is 9.81. The smallest absolute Gasteiger partial charge is 0.315 e. The van der Waals surface area contributed by atoms with Crippen molar-refractivity contribution in [3.05, 3.63) is 0 Å². The number of carboxylic acids is 1. The van der Waals surface area contributed by atoms with Crippen LogP contribution >= 0.6 is 0 Å². The average Bonchev–Trinajstić information content (AvgIpc) is 2.21. The van der Waals surface area contributed by atoms with Gasteiger partial charge in [0, 0.05) is 18.6 Å². The first kappa shape index (κ1) is 11.4. The predicted molar refractivity (Wildman–Crippen MR) is 57.7 cm³/mol. The first-order chi connectivity index (χ1) is 8.21. The summed E-state index contributed by atoms with van der Waals surface area (Å²) in [6.45, 7) is 3.28. The van der Waals surface area contributed by atoms with E-state index in [1.54, 1.807) is 0 Å². The number of aliphatic carboxylic acids is 1. The minimum atomic E-state index is -0.724. The van der Waals surface area contributed by atoms with Crippen molar-refractivity contribution in [1.29, 1.82) is 0 Å². The molecule has 0 saturated carbocycles. The van der Waals surface area contributed by atoms with Crippen LogP contribution in [0, 0.1) is 16.7 Å². The Kier molecular flexibility index (Phi) is 2.65. The van der Waals surface area contributed by atoms with E-state index in [1.165, 1.54) is 0 Å². The molecular weight excluding hydrogens is 224 g/mol. The predicted octanol–water partition coefficient (Wildman–Crippen LogP) is 0.531. The summed E-state index contributed by atoms with van der Waals surface area (Å²) in [6.07, 6.45) is 1.89. The molecule has 3 aliphatic rings. The molecule has 0 spiro atoms. The molecule has 0 aliphatic carbocycles. The van der Waals surface area contributed by atoms with Gasteiger partial charge in [0.25, 0.3) is 0 Å². The Labute approximate surface area is 100 Å². The third-order valence-electron chi connectivity index (χ3n) is 4.78. The summed E-state index contributed by atoms with van der Waals surface area (Å²) < 4.78 is 15.9. The monoisotopic (exact) mass is 242 g/mol. The lowest BCUT2D eigenvalue weighted by Gasteiger charge is -2.60. The highest BCUT2D eigenvalue weighted by Crippen LogP contribution is 2.57. The van der Waals surface area contributed by atoms with E-state index in [1.807, 2.05) is 0 Å². The van der Waals surface area contributed by atoms with Crippen molar-refractivity contribution in [2.24, 2.45) is 16.7 Å². The Balaban J connectivity index is 1.87. The van der Waals surface area contributed by atoms with Crippen LogP contribution in [0.25, 0.3) is 0 Å². The summed E-state index contributed by atoms with van der Waals surface area (Å²) in [6, 6.07) is 0. The molecule has 0 aromatic heterocycles. The average molecular weight is 242 g/mol. The van der Waals surface area contributed by atoms with E-state index < -0.39 is 11.4 Å². The van der Waals surface area contributed by atoms with E-state index >= 15 is 0 Å². The number of ether oxygens (including phenoxy) is 3. The first-order valence-corrected chi connectivity index (χ1v) is 6.18. The highest BCUT2D eigenvalue weighted by atomic mass is 16.5. The maximum absolute atomic E-state index is 11.6. The molecule has 3 fully saturated rings. The zero-order chi connectivity index (χ0) is 11.9. The molecular formula is C12H18O5. The van der Waals surface area contributed by atoms with Crippen LogP contribution in [-0.4, -0.2) is 50.7 Å². The Hall–Kier alpha value is -0.650. The van der Waals surface area contributed by atoms with E-state index in [2.05, 4.69) is 0 Å². The van der Waals surface area contributed by atoms with Gasteiger partial charge in [0.2, 0.25) is 0 Å². The molecule has 3 rings (SSSR count). The van der Waals surface area contributed by atoms with Crippen LogP contribution in [-0.2, 0) is 19.0 Å². The van der Waals surface area contributed by atoms with Gasteiger partial charge in [-0.05, 0) is 18.8 Å². The standard InChI is InChI=1S/C12H18O5/c13-10(14)12(7-17-8-12)11(5-16-6-11)9-1-3-15-4-2-9/h9H,1-8H2,(H,13,14). The number of hydrogen-bond acceptors (Lipinski definition) is 4. The van der Waals surface area contributed by atoms with Crippen LogP contribution < -0.4 is 0 Å². The van der Waals surface area contributed by atoms with Gasteiger partial charge < -0.3 is 19.3 Å². The van der Waals surface area contributed by atoms with Gasteiger partial charge in [0.1, 0.15) is 5.41 Å². The van der Waals surface area contributed by atoms with Crippen molar-refractivity contribution in [3.63, 3.8) is 0 Å². The second-order valence-electron chi connectivity index (χ2n) is 5.42. The van der Waals surface area contributed by atoms with Crippen molar-refractivity contribution >= 4 is 5.97 Å². The second kappa shape index (κ2) is 3.93. The fourth-order valence-electron chi connectivity index (χ4n) is 3.40. The molecule has 0 aromatic rings. The zero-order valence-electron chi connectivity index (χ0n) is 9.81. The summed E-state index contributed by atoms with van der Waals surface area (Å²) in [7, 11) is 0. The number of carbonyl (C=O) groups is 1. The topological polar surface area (TPSA) is 65.0 Å². The van der Waals surface area contributed by atoms with E-state index in [9.17, 15) is 9.90 Å². The summed E-state index contributed by atoms with van der Waals surface area (Å²) in [5.41, 5.74) is -0.936. The van der Waals surface area contributed by atoms with E-state index in [0.717, 1.165) is 26.1 Å². The van der Waals surface area contributed by atoms with Gasteiger partial charge in [-0.3, -0.25) is 4.79 Å². The first-order valence-electron chi connectivity index (χ1n) is 6.18. The minimum Gasteiger partial charge on any atom is -0.481 e. The molecule has 5 heteroatoms. The van der Waals surface area contributed by atoms with Crippen molar-refractivity contribution in [1.82, 2.24) is 0 Å². The number of rotatable bonds is 3. The summed E-state index contributed by atoms with van der Waals surface area (Å²) in [4.78, 5) is 11.6. The van der Waals surface area contributed by atoms with Crippen LogP contribution in [0.15, 0.2) is 0 Å². The molecule has 3 saturated heterocycles. The Morgan fingerprint density at radius 1 is 1.00 bits per heavy atom. The third-order valence-corrected chi connectivity index (χ3v) is 4.78. The summed E-state index contributed by atoms with van der Waals surface area (Å²) in [5.74, 6) is -0.330. The van der Waals surface area contributed by atoms with Crippen molar-refractivity contribution in [3.8, 4) is 0 Å². The van der Waals surface area contributed by atoms with Gasteiger partial charge in [0.15, 0.2) is 0 Å². The molecule has 0 unspecified atom stereocenters. The van der Waals surface area contributed by atoms with Gasteiger partial charge in [-0.25, -0.2) is 0 Å². The fourth-order valence-corrected chi connectivity index (χ4v) is 3.40. The SMILES string of the molecule is O=C(O)C1(C2(C3CCOCC3)COC2)COC1. The van der Waals surface area contributed by atoms with Gasteiger partial charge in [-0.1, -0.05) is 0 Å². The lowest BCUT2D eigenvalue weighted by Crippen LogP contribution is -2.70. The van der Waals surface area contributed by atoms with Crippen LogP contribution in [0.3, 0.4) is 0 Å². The molecule has 96 valence electrons. The number of carboxylic acid groups (broad SMARTS) is 1. The van der Waals surface area contributed by atoms with Crippen LogP contribution in [0.4, 0.5) is 0 Å².